The van der Waals surface area contributed by atoms with E-state index in [1.54, 1.807) is 23.2 Å². The second-order valence-electron chi connectivity index (χ2n) is 10.7. The molecule has 2 saturated heterocycles. The van der Waals surface area contributed by atoms with Gasteiger partial charge in [-0.25, -0.2) is 17.8 Å². The van der Waals surface area contributed by atoms with Crippen molar-refractivity contribution in [3.8, 4) is 5.75 Å². The third-order valence-corrected chi connectivity index (χ3v) is 8.94. The number of aromatic nitrogens is 1. The van der Waals surface area contributed by atoms with E-state index < -0.39 is 15.6 Å². The van der Waals surface area contributed by atoms with Crippen molar-refractivity contribution in [2.75, 3.05) is 50.4 Å². The van der Waals surface area contributed by atoms with Crippen LogP contribution in [0.3, 0.4) is 0 Å². The van der Waals surface area contributed by atoms with Crippen LogP contribution in [0.1, 0.15) is 55.3 Å². The Hall–Kier alpha value is -2.76. The largest absolute Gasteiger partial charge is 0.487 e. The molecule has 9 nitrogen and oxygen atoms in total. The molecule has 0 N–H and O–H groups in total. The molecule has 11 heteroatoms. The van der Waals surface area contributed by atoms with Crippen LogP contribution in [0.5, 0.6) is 5.75 Å². The van der Waals surface area contributed by atoms with Crippen LogP contribution in [0.25, 0.3) is 0 Å². The normalized spacial score (nSPS) is 21.9. The second-order valence-corrected chi connectivity index (χ2v) is 12.7. The van der Waals surface area contributed by atoms with Crippen molar-refractivity contribution in [1.82, 2.24) is 14.2 Å². The highest BCUT2D eigenvalue weighted by atomic mass is 32.2. The van der Waals surface area contributed by atoms with Crippen LogP contribution in [-0.4, -0.2) is 85.7 Å². The van der Waals surface area contributed by atoms with E-state index in [9.17, 15) is 17.6 Å². The molecular formula is C27H35FN4O5S. The lowest BCUT2D eigenvalue weighted by molar-refractivity contribution is -0.0874. The first kappa shape index (κ1) is 26.8. The summed E-state index contributed by atoms with van der Waals surface area (Å²) >= 11 is 0. The molecule has 1 aromatic carbocycles. The Bertz CT molecular complexity index is 1270. The molecule has 0 aliphatic carbocycles. The fraction of sp³-hybridized carbons (Fsp3) is 0.556. The van der Waals surface area contributed by atoms with E-state index in [1.807, 2.05) is 19.9 Å². The number of benzene rings is 1. The van der Waals surface area contributed by atoms with Crippen molar-refractivity contribution in [3.63, 3.8) is 0 Å². The minimum Gasteiger partial charge on any atom is -0.487 e. The minimum absolute atomic E-state index is 0.00876. The van der Waals surface area contributed by atoms with E-state index in [0.717, 1.165) is 11.3 Å². The number of carbonyl (C=O) groups excluding carboxylic acids is 1. The molecule has 2 fully saturated rings. The van der Waals surface area contributed by atoms with Crippen LogP contribution in [0.2, 0.25) is 0 Å². The van der Waals surface area contributed by atoms with Crippen molar-refractivity contribution in [1.29, 1.82) is 0 Å². The monoisotopic (exact) mass is 546 g/mol. The van der Waals surface area contributed by atoms with Gasteiger partial charge in [0.15, 0.2) is 0 Å². The summed E-state index contributed by atoms with van der Waals surface area (Å²) in [5, 5.41) is 0. The van der Waals surface area contributed by atoms with Crippen molar-refractivity contribution >= 4 is 21.6 Å². The van der Waals surface area contributed by atoms with Gasteiger partial charge in [0.05, 0.1) is 30.3 Å². The summed E-state index contributed by atoms with van der Waals surface area (Å²) in [5.74, 6) is 0.218. The van der Waals surface area contributed by atoms with E-state index in [1.165, 1.54) is 22.7 Å². The summed E-state index contributed by atoms with van der Waals surface area (Å²) in [6, 6.07) is 8.18. The molecule has 3 aliphatic rings. The number of hydrogen-bond acceptors (Lipinski definition) is 7. The van der Waals surface area contributed by atoms with Gasteiger partial charge in [-0.1, -0.05) is 0 Å². The Balaban J connectivity index is 1.21. The number of carbonyl (C=O) groups is 1. The van der Waals surface area contributed by atoms with Gasteiger partial charge in [-0.15, -0.1) is 0 Å². The van der Waals surface area contributed by atoms with Crippen molar-refractivity contribution < 1.29 is 27.1 Å². The Kier molecular flexibility index (Phi) is 7.36. The van der Waals surface area contributed by atoms with Gasteiger partial charge >= 0.3 is 0 Å². The second kappa shape index (κ2) is 10.4. The van der Waals surface area contributed by atoms with Crippen molar-refractivity contribution in [2.24, 2.45) is 0 Å². The lowest BCUT2D eigenvalue weighted by Crippen LogP contribution is -2.52. The predicted octanol–water partition coefficient (Wildman–Crippen LogP) is 3.23. The molecular weight excluding hydrogens is 511 g/mol. The number of rotatable bonds is 5. The SMILES string of the molecule is CC(C)O[C@@H]1CC2(CCN(C(=O)c3ccc(N4CCN(S(C)(=O)=O)CC4)cn3)CC2)Oc2ccc(F)cc21. The molecule has 0 unspecified atom stereocenters. The molecule has 0 bridgehead atoms. The summed E-state index contributed by atoms with van der Waals surface area (Å²) in [5.41, 5.74) is 1.52. The number of sulfonamides is 1. The maximum Gasteiger partial charge on any atom is 0.272 e. The summed E-state index contributed by atoms with van der Waals surface area (Å²) in [6.07, 6.45) is 4.56. The van der Waals surface area contributed by atoms with Gasteiger partial charge < -0.3 is 19.3 Å². The minimum atomic E-state index is -3.19. The number of pyridine rings is 1. The highest BCUT2D eigenvalue weighted by molar-refractivity contribution is 7.88. The number of amides is 1. The lowest BCUT2D eigenvalue weighted by atomic mass is 9.81. The van der Waals surface area contributed by atoms with Gasteiger partial charge in [-0.3, -0.25) is 4.79 Å². The summed E-state index contributed by atoms with van der Waals surface area (Å²) < 4.78 is 51.5. The zero-order valence-electron chi connectivity index (χ0n) is 22.1. The zero-order valence-corrected chi connectivity index (χ0v) is 22.9. The van der Waals surface area contributed by atoms with Gasteiger partial charge in [-0.05, 0) is 44.2 Å². The number of ether oxygens (including phenoxy) is 2. The molecule has 1 amide bonds. The van der Waals surface area contributed by atoms with Gasteiger partial charge in [-0.2, -0.15) is 4.31 Å². The van der Waals surface area contributed by atoms with Crippen LogP contribution < -0.4 is 9.64 Å². The maximum absolute atomic E-state index is 13.9. The average molecular weight is 547 g/mol. The third kappa shape index (κ3) is 5.64. The average Bonchev–Trinajstić information content (AvgIpc) is 2.89. The first-order valence-corrected chi connectivity index (χ1v) is 15.0. The molecule has 1 aromatic heterocycles. The van der Waals surface area contributed by atoms with Crippen molar-refractivity contribution in [2.45, 2.75) is 50.9 Å². The third-order valence-electron chi connectivity index (χ3n) is 7.64. The summed E-state index contributed by atoms with van der Waals surface area (Å²) in [4.78, 5) is 21.5. The molecule has 3 aliphatic heterocycles. The molecule has 1 spiro atoms. The Morgan fingerprint density at radius 3 is 2.42 bits per heavy atom. The van der Waals surface area contributed by atoms with Gasteiger partial charge in [0.25, 0.3) is 5.91 Å². The Labute approximate surface area is 223 Å². The summed E-state index contributed by atoms with van der Waals surface area (Å²) in [6.45, 7) is 7.01. The van der Waals surface area contributed by atoms with Crippen LogP contribution in [0, 0.1) is 5.82 Å². The Morgan fingerprint density at radius 2 is 1.82 bits per heavy atom. The quantitative estimate of drug-likeness (QED) is 0.569. The van der Waals surface area contributed by atoms with Crippen molar-refractivity contribution in [3.05, 3.63) is 53.6 Å². The molecule has 1 atom stereocenters. The van der Waals surface area contributed by atoms with E-state index in [4.69, 9.17) is 9.47 Å². The number of piperazine rings is 1. The number of anilines is 1. The first-order chi connectivity index (χ1) is 18.0. The van der Waals surface area contributed by atoms with Crippen LogP contribution in [0.4, 0.5) is 10.1 Å². The molecule has 2 aromatic rings. The number of nitrogens with zero attached hydrogens (tertiary/aromatic N) is 4. The van der Waals surface area contributed by atoms with E-state index in [0.29, 0.717) is 70.0 Å². The fourth-order valence-electron chi connectivity index (χ4n) is 5.60. The number of likely N-dealkylation sites (tertiary alicyclic amines) is 1. The summed E-state index contributed by atoms with van der Waals surface area (Å²) in [7, 11) is -3.19. The molecule has 0 radical (unpaired) electrons. The van der Waals surface area contributed by atoms with Crippen LogP contribution in [-0.2, 0) is 14.8 Å². The van der Waals surface area contributed by atoms with Gasteiger partial charge in [0.2, 0.25) is 10.0 Å². The molecule has 4 heterocycles. The molecule has 5 rings (SSSR count). The number of halogens is 1. The molecule has 0 saturated carbocycles. The Morgan fingerprint density at radius 1 is 1.11 bits per heavy atom. The van der Waals surface area contributed by atoms with E-state index >= 15 is 0 Å². The lowest BCUT2D eigenvalue weighted by Gasteiger charge is -2.47. The maximum atomic E-state index is 13.9. The highest BCUT2D eigenvalue weighted by Gasteiger charge is 2.45. The zero-order chi connectivity index (χ0) is 27.1. The number of hydrogen-bond donors (Lipinski definition) is 0. The highest BCUT2D eigenvalue weighted by Crippen LogP contribution is 2.46. The van der Waals surface area contributed by atoms with E-state index in [2.05, 4.69) is 9.88 Å². The fourth-order valence-corrected chi connectivity index (χ4v) is 6.43. The smallest absolute Gasteiger partial charge is 0.272 e. The van der Waals surface area contributed by atoms with E-state index in [-0.39, 0.29) is 23.9 Å². The predicted molar refractivity (Wildman–Crippen MR) is 141 cm³/mol. The molecule has 206 valence electrons. The standard InChI is InChI=1S/C27H35FN4O5S/c1-19(2)36-25-17-27(37-24-7-4-20(28)16-22(24)25)8-10-31(11-9-27)26(33)23-6-5-21(18-29-23)30-12-14-32(15-13-30)38(3,34)35/h4-7,16,18-19,25H,8-15,17H2,1-3H3/t25-/m1/s1. The number of fused-ring (bicyclic) bond motifs is 1. The topological polar surface area (TPSA) is 92.3 Å². The van der Waals surface area contributed by atoms with Crippen LogP contribution >= 0.6 is 0 Å². The van der Waals surface area contributed by atoms with Gasteiger partial charge in [0, 0.05) is 64.1 Å². The first-order valence-electron chi connectivity index (χ1n) is 13.1. The molecule has 38 heavy (non-hydrogen) atoms. The van der Waals surface area contributed by atoms with Gasteiger partial charge in [0.1, 0.15) is 22.9 Å². The van der Waals surface area contributed by atoms with Crippen LogP contribution in [0.15, 0.2) is 36.5 Å². The number of piperidine rings is 1.